The van der Waals surface area contributed by atoms with Gasteiger partial charge in [0.25, 0.3) is 5.91 Å². The maximum absolute atomic E-state index is 13.2. The van der Waals surface area contributed by atoms with Crippen LogP contribution in [0.3, 0.4) is 0 Å². The van der Waals surface area contributed by atoms with Crippen LogP contribution in [0.4, 0.5) is 0 Å². The van der Waals surface area contributed by atoms with Crippen molar-refractivity contribution < 1.29 is 19.1 Å². The molecule has 1 N–H and O–H groups in total. The summed E-state index contributed by atoms with van der Waals surface area (Å²) in [7, 11) is 1.61. The van der Waals surface area contributed by atoms with Crippen molar-refractivity contribution in [1.82, 2.24) is 15.2 Å². The maximum Gasteiger partial charge on any atom is 0.254 e. The van der Waals surface area contributed by atoms with E-state index in [1.807, 2.05) is 30.6 Å². The summed E-state index contributed by atoms with van der Waals surface area (Å²) in [5, 5.41) is 3.01. The van der Waals surface area contributed by atoms with Gasteiger partial charge in [-0.3, -0.25) is 9.59 Å². The zero-order valence-electron chi connectivity index (χ0n) is 19.5. The lowest BCUT2D eigenvalue weighted by atomic mass is 10.1. The lowest BCUT2D eigenvalue weighted by Gasteiger charge is -2.24. The molecule has 0 aliphatic carbocycles. The molecule has 4 rings (SSSR count). The predicted molar refractivity (Wildman–Crippen MR) is 132 cm³/mol. The number of benzene rings is 2. The van der Waals surface area contributed by atoms with Gasteiger partial charge in [0.05, 0.1) is 22.7 Å². The fourth-order valence-electron chi connectivity index (χ4n) is 4.07. The number of hydrogen-bond donors (Lipinski definition) is 1. The van der Waals surface area contributed by atoms with Gasteiger partial charge in [0.1, 0.15) is 18.4 Å². The molecule has 1 atom stereocenters. The molecule has 0 radical (unpaired) electrons. The zero-order valence-corrected chi connectivity index (χ0v) is 20.3. The largest absolute Gasteiger partial charge is 0.491 e. The van der Waals surface area contributed by atoms with Gasteiger partial charge in [-0.2, -0.15) is 0 Å². The summed E-state index contributed by atoms with van der Waals surface area (Å²) >= 11 is 1.62. The normalized spacial score (nSPS) is 15.4. The minimum absolute atomic E-state index is 0.124. The van der Waals surface area contributed by atoms with Crippen LogP contribution < -0.4 is 10.1 Å². The minimum atomic E-state index is -0.468. The molecule has 2 aromatic carbocycles. The number of carbonyl (C=O) groups excluding carboxylic acids is 2. The highest BCUT2D eigenvalue weighted by Crippen LogP contribution is 2.27. The summed E-state index contributed by atoms with van der Waals surface area (Å²) in [6.07, 6.45) is 1.46. The van der Waals surface area contributed by atoms with Gasteiger partial charge in [-0.15, -0.1) is 11.3 Å². The van der Waals surface area contributed by atoms with Gasteiger partial charge < -0.3 is 19.7 Å². The Balaban J connectivity index is 1.35. The molecule has 178 valence electrons. The molecule has 7 nitrogen and oxygen atoms in total. The molecule has 0 bridgehead atoms. The van der Waals surface area contributed by atoms with Gasteiger partial charge in [-0.05, 0) is 49.1 Å². The molecule has 2 heterocycles. The number of carbonyl (C=O) groups is 2. The second-order valence-corrected chi connectivity index (χ2v) is 9.06. The molecular weight excluding hydrogens is 450 g/mol. The topological polar surface area (TPSA) is 80.8 Å². The number of nitrogens with zero attached hydrogens (tertiary/aromatic N) is 2. The Labute approximate surface area is 203 Å². The number of hydrogen-bond acceptors (Lipinski definition) is 6. The van der Waals surface area contributed by atoms with Crippen LogP contribution in [0.1, 0.15) is 34.5 Å². The van der Waals surface area contributed by atoms with Crippen molar-refractivity contribution in [3.8, 4) is 16.2 Å². The molecule has 1 aromatic heterocycles. The second kappa shape index (κ2) is 11.3. The van der Waals surface area contributed by atoms with E-state index in [9.17, 15) is 9.59 Å². The molecule has 3 aromatic rings. The molecule has 0 unspecified atom stereocenters. The zero-order chi connectivity index (χ0) is 23.9. The van der Waals surface area contributed by atoms with E-state index in [-0.39, 0.29) is 11.8 Å². The van der Waals surface area contributed by atoms with E-state index in [4.69, 9.17) is 9.47 Å². The first-order valence-electron chi connectivity index (χ1n) is 11.4. The molecular formula is C26H29N3O4S. The lowest BCUT2D eigenvalue weighted by molar-refractivity contribution is -0.125. The first-order chi connectivity index (χ1) is 16.6. The first-order valence-corrected chi connectivity index (χ1v) is 12.2. The number of thiazole rings is 1. The Morgan fingerprint density at radius 3 is 2.74 bits per heavy atom. The number of likely N-dealkylation sites (tertiary alicyclic amines) is 1. The van der Waals surface area contributed by atoms with E-state index in [2.05, 4.69) is 22.4 Å². The third kappa shape index (κ3) is 5.63. The van der Waals surface area contributed by atoms with Gasteiger partial charge in [0.15, 0.2) is 0 Å². The molecule has 8 heteroatoms. The Morgan fingerprint density at radius 1 is 1.18 bits per heavy atom. The van der Waals surface area contributed by atoms with Gasteiger partial charge in [0, 0.05) is 25.8 Å². The Morgan fingerprint density at radius 2 is 2.00 bits per heavy atom. The molecule has 0 saturated carbocycles. The summed E-state index contributed by atoms with van der Waals surface area (Å²) < 4.78 is 10.6. The molecule has 1 fully saturated rings. The minimum Gasteiger partial charge on any atom is -0.491 e. The van der Waals surface area contributed by atoms with Gasteiger partial charge >= 0.3 is 0 Å². The maximum atomic E-state index is 13.2. The third-order valence-corrected chi connectivity index (χ3v) is 6.86. The Bertz CT molecular complexity index is 1130. The molecule has 2 amide bonds. The lowest BCUT2D eigenvalue weighted by Crippen LogP contribution is -2.45. The van der Waals surface area contributed by atoms with E-state index in [0.29, 0.717) is 44.0 Å². The van der Waals surface area contributed by atoms with E-state index in [1.54, 1.807) is 41.5 Å². The highest BCUT2D eigenvalue weighted by atomic mass is 32.1. The Hall–Kier alpha value is -3.23. The quantitative estimate of drug-likeness (QED) is 0.468. The van der Waals surface area contributed by atoms with Crippen molar-refractivity contribution >= 4 is 23.2 Å². The van der Waals surface area contributed by atoms with E-state index < -0.39 is 6.04 Å². The van der Waals surface area contributed by atoms with Crippen molar-refractivity contribution in [3.63, 3.8) is 0 Å². The van der Waals surface area contributed by atoms with Crippen LogP contribution in [0, 0.1) is 6.92 Å². The monoisotopic (exact) mass is 479 g/mol. The van der Waals surface area contributed by atoms with E-state index in [1.165, 1.54) is 0 Å². The van der Waals surface area contributed by atoms with Crippen molar-refractivity contribution in [2.75, 3.05) is 26.9 Å². The van der Waals surface area contributed by atoms with E-state index in [0.717, 1.165) is 28.1 Å². The van der Waals surface area contributed by atoms with Crippen molar-refractivity contribution in [1.29, 1.82) is 0 Å². The van der Waals surface area contributed by atoms with Crippen molar-refractivity contribution in [2.45, 2.75) is 32.4 Å². The van der Waals surface area contributed by atoms with E-state index >= 15 is 0 Å². The highest BCUT2D eigenvalue weighted by molar-refractivity contribution is 7.13. The van der Waals surface area contributed by atoms with Crippen molar-refractivity contribution in [3.05, 3.63) is 70.9 Å². The number of nitrogens with one attached hydrogen (secondary N) is 1. The molecule has 1 aliphatic rings. The number of aromatic nitrogens is 1. The second-order valence-electron chi connectivity index (χ2n) is 8.21. The number of aryl methyl sites for hydroxylation is 1. The summed E-state index contributed by atoms with van der Waals surface area (Å²) in [5.41, 5.74) is 5.51. The third-order valence-electron chi connectivity index (χ3n) is 5.88. The average Bonchev–Trinajstić information content (AvgIpc) is 3.52. The van der Waals surface area contributed by atoms with Crippen LogP contribution >= 0.6 is 11.3 Å². The first kappa shape index (κ1) is 23.9. The van der Waals surface area contributed by atoms with Crippen LogP contribution in [0.25, 0.3) is 10.4 Å². The fraction of sp³-hybridized carbons (Fsp3) is 0.346. The van der Waals surface area contributed by atoms with Crippen LogP contribution in [-0.2, 0) is 16.1 Å². The predicted octanol–water partition coefficient (Wildman–Crippen LogP) is 4.06. The number of ether oxygens (including phenoxy) is 2. The molecule has 1 aliphatic heterocycles. The van der Waals surface area contributed by atoms with Gasteiger partial charge in [0.2, 0.25) is 5.91 Å². The highest BCUT2D eigenvalue weighted by Gasteiger charge is 2.34. The number of rotatable bonds is 9. The summed E-state index contributed by atoms with van der Waals surface area (Å²) in [4.78, 5) is 33.2. The summed E-state index contributed by atoms with van der Waals surface area (Å²) in [6, 6.07) is 14.7. The van der Waals surface area contributed by atoms with Gasteiger partial charge in [-0.25, -0.2) is 4.98 Å². The Kier molecular flexibility index (Phi) is 7.92. The van der Waals surface area contributed by atoms with Crippen LogP contribution in [-0.4, -0.2) is 54.6 Å². The molecule has 0 spiro atoms. The average molecular weight is 480 g/mol. The molecule has 34 heavy (non-hydrogen) atoms. The smallest absolute Gasteiger partial charge is 0.254 e. The van der Waals surface area contributed by atoms with Crippen LogP contribution in [0.15, 0.2) is 54.0 Å². The van der Waals surface area contributed by atoms with Crippen molar-refractivity contribution in [2.24, 2.45) is 0 Å². The van der Waals surface area contributed by atoms with Crippen LogP contribution in [0.5, 0.6) is 5.75 Å². The summed E-state index contributed by atoms with van der Waals surface area (Å²) in [5.74, 6) is 0.333. The number of amides is 2. The molecule has 1 saturated heterocycles. The standard InChI is InChI=1S/C26H29N3O4S/c1-18-24(34-17-28-18)20-10-8-19(9-11-20)16-27-25(30)23-7-4-12-29(23)26(31)21-5-3-6-22(15-21)33-14-13-32-2/h3,5-6,8-11,15,17,23H,4,7,12-14,16H2,1-2H3,(H,27,30)/t23-/m0/s1. The SMILES string of the molecule is COCCOc1cccc(C(=O)N2CCC[C@H]2C(=O)NCc2ccc(-c3scnc3C)cc2)c1. The van der Waals surface area contributed by atoms with Crippen LogP contribution in [0.2, 0.25) is 0 Å². The fourth-order valence-corrected chi connectivity index (χ4v) is 4.88. The van der Waals surface area contributed by atoms with Gasteiger partial charge in [-0.1, -0.05) is 30.3 Å². The number of methoxy groups -OCH3 is 1. The summed E-state index contributed by atoms with van der Waals surface area (Å²) in [6.45, 7) is 3.86.